The van der Waals surface area contributed by atoms with Crippen molar-refractivity contribution in [3.8, 4) is 17.2 Å². The second-order valence-electron chi connectivity index (χ2n) is 7.47. The van der Waals surface area contributed by atoms with E-state index in [1.807, 2.05) is 48.7 Å². The third kappa shape index (κ3) is 4.26. The lowest BCUT2D eigenvalue weighted by molar-refractivity contribution is 0.0777. The second kappa shape index (κ2) is 8.55. The highest BCUT2D eigenvalue weighted by molar-refractivity contribution is 5.99. The molecule has 4 rings (SSSR count). The first-order valence-electron chi connectivity index (χ1n) is 10.0. The van der Waals surface area contributed by atoms with Crippen LogP contribution in [-0.4, -0.2) is 35.6 Å². The van der Waals surface area contributed by atoms with Crippen molar-refractivity contribution < 1.29 is 23.8 Å². The van der Waals surface area contributed by atoms with E-state index in [4.69, 9.17) is 19.9 Å². The van der Waals surface area contributed by atoms with E-state index in [0.29, 0.717) is 24.5 Å². The van der Waals surface area contributed by atoms with Crippen LogP contribution in [-0.2, 0) is 6.54 Å². The average Bonchev–Trinajstić information content (AvgIpc) is 3.06. The summed E-state index contributed by atoms with van der Waals surface area (Å²) in [6, 6.07) is 16.0. The van der Waals surface area contributed by atoms with Crippen LogP contribution < -0.4 is 19.9 Å². The zero-order valence-corrected chi connectivity index (χ0v) is 17.5. The molecule has 0 radical (unpaired) electrons. The molecule has 7 nitrogen and oxygen atoms in total. The first-order chi connectivity index (χ1) is 14.9. The summed E-state index contributed by atoms with van der Waals surface area (Å²) >= 11 is 0. The molecule has 31 heavy (non-hydrogen) atoms. The minimum absolute atomic E-state index is 0.165. The van der Waals surface area contributed by atoms with Crippen LogP contribution in [0, 0.1) is 13.8 Å². The lowest BCUT2D eigenvalue weighted by atomic mass is 10.1. The summed E-state index contributed by atoms with van der Waals surface area (Å²) < 4.78 is 19.5. The molecule has 2 heterocycles. The van der Waals surface area contributed by atoms with Crippen molar-refractivity contribution in [1.29, 1.82) is 0 Å². The monoisotopic (exact) mass is 420 g/mol. The number of amides is 1. The normalized spacial score (nSPS) is 14.8. The van der Waals surface area contributed by atoms with Crippen LogP contribution in [0.25, 0.3) is 0 Å². The first-order valence-corrected chi connectivity index (χ1v) is 10.0. The summed E-state index contributed by atoms with van der Waals surface area (Å²) in [4.78, 5) is 24.4. The number of hydrogen-bond acceptors (Lipinski definition) is 5. The fourth-order valence-corrected chi connectivity index (χ4v) is 3.74. The van der Waals surface area contributed by atoms with Crippen LogP contribution in [0.5, 0.6) is 17.2 Å². The van der Waals surface area contributed by atoms with E-state index in [2.05, 4.69) is 0 Å². The SMILES string of the molecule is Cc1cc(C(=O)COc2ccccc2C(N)=O)c(C)n1C[C@@H]1COc2ccccc2O1. The average molecular weight is 420 g/mol. The van der Waals surface area contributed by atoms with Crippen LogP contribution >= 0.6 is 0 Å². The maximum Gasteiger partial charge on any atom is 0.252 e. The van der Waals surface area contributed by atoms with Gasteiger partial charge in [0.05, 0.1) is 12.1 Å². The van der Waals surface area contributed by atoms with Crippen molar-refractivity contribution >= 4 is 11.7 Å². The number of fused-ring (bicyclic) bond motifs is 1. The van der Waals surface area contributed by atoms with Gasteiger partial charge in [-0.3, -0.25) is 9.59 Å². The van der Waals surface area contributed by atoms with E-state index in [9.17, 15) is 9.59 Å². The molecule has 0 saturated carbocycles. The van der Waals surface area contributed by atoms with E-state index in [1.165, 1.54) is 0 Å². The van der Waals surface area contributed by atoms with Crippen LogP contribution in [0.2, 0.25) is 0 Å². The van der Waals surface area contributed by atoms with Gasteiger partial charge in [0.25, 0.3) is 5.91 Å². The van der Waals surface area contributed by atoms with Gasteiger partial charge in [-0.25, -0.2) is 0 Å². The van der Waals surface area contributed by atoms with Gasteiger partial charge in [-0.15, -0.1) is 0 Å². The minimum atomic E-state index is -0.600. The molecule has 160 valence electrons. The van der Waals surface area contributed by atoms with E-state index in [0.717, 1.165) is 22.9 Å². The number of aryl methyl sites for hydroxylation is 1. The standard InChI is InChI=1S/C24H24N2O5/c1-15-11-19(20(27)14-30-21-8-4-3-7-18(21)24(25)28)16(2)26(15)12-17-13-29-22-9-5-6-10-23(22)31-17/h3-11,17H,12-14H2,1-2H3,(H2,25,28)/t17-/m1/s1. The number of carbonyl (C=O) groups excluding carboxylic acids is 2. The van der Waals surface area contributed by atoms with Crippen molar-refractivity contribution in [2.75, 3.05) is 13.2 Å². The molecule has 0 spiro atoms. The number of carbonyl (C=O) groups is 2. The van der Waals surface area contributed by atoms with Crippen molar-refractivity contribution in [3.63, 3.8) is 0 Å². The Morgan fingerprint density at radius 3 is 2.55 bits per heavy atom. The van der Waals surface area contributed by atoms with Gasteiger partial charge in [0.1, 0.15) is 12.4 Å². The van der Waals surface area contributed by atoms with Crippen LogP contribution in [0.1, 0.15) is 32.1 Å². The third-order valence-electron chi connectivity index (χ3n) is 5.34. The number of rotatable bonds is 7. The number of primary amides is 1. The smallest absolute Gasteiger partial charge is 0.252 e. The van der Waals surface area contributed by atoms with Crippen LogP contribution in [0.4, 0.5) is 0 Å². The van der Waals surface area contributed by atoms with Gasteiger partial charge in [-0.2, -0.15) is 0 Å². The van der Waals surface area contributed by atoms with E-state index in [1.54, 1.807) is 24.3 Å². The quantitative estimate of drug-likeness (QED) is 0.592. The lowest BCUT2D eigenvalue weighted by Crippen LogP contribution is -2.33. The molecule has 0 aliphatic carbocycles. The van der Waals surface area contributed by atoms with Gasteiger partial charge < -0.3 is 24.5 Å². The van der Waals surface area contributed by atoms with Gasteiger partial charge in [0, 0.05) is 17.0 Å². The van der Waals surface area contributed by atoms with Gasteiger partial charge in [0.2, 0.25) is 5.78 Å². The molecular formula is C24H24N2O5. The minimum Gasteiger partial charge on any atom is -0.486 e. The second-order valence-corrected chi connectivity index (χ2v) is 7.47. The van der Waals surface area contributed by atoms with E-state index in [-0.39, 0.29) is 24.1 Å². The number of ether oxygens (including phenoxy) is 3. The number of para-hydroxylation sites is 3. The number of ketones is 1. The summed E-state index contributed by atoms with van der Waals surface area (Å²) in [5, 5.41) is 0. The van der Waals surface area contributed by atoms with Crippen molar-refractivity contribution in [2.45, 2.75) is 26.5 Å². The molecule has 0 unspecified atom stereocenters. The zero-order chi connectivity index (χ0) is 22.0. The molecular weight excluding hydrogens is 396 g/mol. The molecule has 1 aliphatic heterocycles. The van der Waals surface area contributed by atoms with Gasteiger partial charge in [-0.1, -0.05) is 24.3 Å². The number of nitrogens with two attached hydrogens (primary N) is 1. The molecule has 2 aromatic carbocycles. The van der Waals surface area contributed by atoms with E-state index < -0.39 is 5.91 Å². The summed E-state index contributed by atoms with van der Waals surface area (Å²) in [6.45, 7) is 4.65. The zero-order valence-electron chi connectivity index (χ0n) is 17.5. The maximum atomic E-state index is 12.8. The summed E-state index contributed by atoms with van der Waals surface area (Å²) in [6.07, 6.45) is -0.165. The molecule has 3 aromatic rings. The summed E-state index contributed by atoms with van der Waals surface area (Å²) in [5.41, 5.74) is 7.97. The van der Waals surface area contributed by atoms with Crippen molar-refractivity contribution in [2.24, 2.45) is 5.73 Å². The molecule has 0 saturated heterocycles. The number of hydrogen-bond donors (Lipinski definition) is 1. The predicted octanol–water partition coefficient (Wildman–Crippen LogP) is 3.31. The van der Waals surface area contributed by atoms with Crippen LogP contribution in [0.3, 0.4) is 0 Å². The van der Waals surface area contributed by atoms with Crippen LogP contribution in [0.15, 0.2) is 54.6 Å². The Bertz CT molecular complexity index is 1130. The molecule has 1 atom stereocenters. The molecule has 0 fully saturated rings. The molecule has 1 aliphatic rings. The van der Waals surface area contributed by atoms with E-state index >= 15 is 0 Å². The topological polar surface area (TPSA) is 92.8 Å². The lowest BCUT2D eigenvalue weighted by Gasteiger charge is -2.27. The van der Waals surface area contributed by atoms with Gasteiger partial charge in [-0.05, 0) is 44.2 Å². The Morgan fingerprint density at radius 2 is 1.77 bits per heavy atom. The predicted molar refractivity (Wildman–Crippen MR) is 115 cm³/mol. The maximum absolute atomic E-state index is 12.8. The van der Waals surface area contributed by atoms with Crippen molar-refractivity contribution in [1.82, 2.24) is 4.57 Å². The Morgan fingerprint density at radius 1 is 1.06 bits per heavy atom. The molecule has 0 bridgehead atoms. The fraction of sp³-hybridized carbons (Fsp3) is 0.250. The molecule has 7 heteroatoms. The summed E-state index contributed by atoms with van der Waals surface area (Å²) in [5.74, 6) is 0.980. The number of Topliss-reactive ketones (excluding diaryl/α,β-unsaturated/α-hetero) is 1. The fourth-order valence-electron chi connectivity index (χ4n) is 3.74. The largest absolute Gasteiger partial charge is 0.486 e. The van der Waals surface area contributed by atoms with Gasteiger partial charge in [0.15, 0.2) is 24.2 Å². The molecule has 1 amide bonds. The highest BCUT2D eigenvalue weighted by atomic mass is 16.6. The first kappa shape index (κ1) is 20.5. The molecule has 1 aromatic heterocycles. The van der Waals surface area contributed by atoms with Crippen molar-refractivity contribution in [3.05, 3.63) is 77.1 Å². The Hall–Kier alpha value is -3.74. The Labute approximate surface area is 180 Å². The number of nitrogens with zero attached hydrogens (tertiary/aromatic N) is 1. The Balaban J connectivity index is 1.46. The number of benzene rings is 2. The summed E-state index contributed by atoms with van der Waals surface area (Å²) in [7, 11) is 0. The Kier molecular flexibility index (Phi) is 5.66. The number of aromatic nitrogens is 1. The highest BCUT2D eigenvalue weighted by Crippen LogP contribution is 2.31. The molecule has 2 N–H and O–H groups in total. The highest BCUT2D eigenvalue weighted by Gasteiger charge is 2.24. The third-order valence-corrected chi connectivity index (χ3v) is 5.34. The van der Waals surface area contributed by atoms with Gasteiger partial charge >= 0.3 is 0 Å².